The van der Waals surface area contributed by atoms with Crippen LogP contribution in [0.25, 0.3) is 10.2 Å². The molecule has 0 radical (unpaired) electrons. The molecule has 0 saturated heterocycles. The van der Waals surface area contributed by atoms with Gasteiger partial charge in [-0.05, 0) is 31.2 Å². The highest BCUT2D eigenvalue weighted by molar-refractivity contribution is 7.20. The smallest absolute Gasteiger partial charge is 0.329 e. The average Bonchev–Trinajstić information content (AvgIpc) is 2.94. The number of rotatable bonds is 4. The highest BCUT2D eigenvalue weighted by Gasteiger charge is 2.46. The molecule has 0 aliphatic heterocycles. The van der Waals surface area contributed by atoms with Crippen molar-refractivity contribution in [2.75, 3.05) is 0 Å². The van der Waals surface area contributed by atoms with Crippen molar-refractivity contribution in [3.8, 4) is 0 Å². The monoisotopic (exact) mass is 321 g/mol. The molecule has 118 valence electrons. The van der Waals surface area contributed by atoms with E-state index in [4.69, 9.17) is 0 Å². The number of amides is 1. The molecule has 22 heavy (non-hydrogen) atoms. The number of carbonyl (C=O) groups is 2. The van der Waals surface area contributed by atoms with Gasteiger partial charge in [0.1, 0.15) is 10.4 Å². The summed E-state index contributed by atoms with van der Waals surface area (Å²) in [5.41, 5.74) is -0.115. The first-order valence-corrected chi connectivity index (χ1v) is 8.18. The zero-order valence-electron chi connectivity index (χ0n) is 12.8. The van der Waals surface area contributed by atoms with Crippen LogP contribution in [0, 0.1) is 0 Å². The molecular weight excluding hydrogens is 302 g/mol. The predicted octanol–water partition coefficient (Wildman–Crippen LogP) is 2.50. The number of hydrogen-bond donors (Lipinski definition) is 2. The van der Waals surface area contributed by atoms with Crippen molar-refractivity contribution >= 4 is 33.4 Å². The van der Waals surface area contributed by atoms with Gasteiger partial charge < -0.3 is 10.4 Å². The van der Waals surface area contributed by atoms with Crippen LogP contribution in [-0.2, 0) is 11.8 Å². The van der Waals surface area contributed by atoms with Crippen molar-refractivity contribution < 1.29 is 14.7 Å². The Morgan fingerprint density at radius 1 is 1.45 bits per heavy atom. The number of nitrogens with zero attached hydrogens (tertiary/aromatic N) is 2. The molecule has 6 nitrogen and oxygen atoms in total. The van der Waals surface area contributed by atoms with Crippen LogP contribution in [0.4, 0.5) is 0 Å². The van der Waals surface area contributed by atoms with Crippen molar-refractivity contribution in [3.05, 3.63) is 16.6 Å². The quantitative estimate of drug-likeness (QED) is 0.906. The Kier molecular flexibility index (Phi) is 3.47. The Morgan fingerprint density at radius 3 is 2.64 bits per heavy atom. The first kappa shape index (κ1) is 15.0. The second kappa shape index (κ2) is 5.08. The Morgan fingerprint density at radius 2 is 2.14 bits per heavy atom. The second-order valence-corrected chi connectivity index (χ2v) is 7.22. The summed E-state index contributed by atoms with van der Waals surface area (Å²) in [6.07, 6.45) is 1.83. The number of carboxylic acids is 1. The minimum Gasteiger partial charge on any atom is -0.480 e. The molecule has 1 fully saturated rings. The molecule has 1 saturated carbocycles. The average molecular weight is 321 g/mol. The Bertz CT molecular complexity index is 756. The summed E-state index contributed by atoms with van der Waals surface area (Å²) in [6, 6.07) is 1.83. The van der Waals surface area contributed by atoms with Crippen molar-refractivity contribution in [2.45, 2.75) is 44.6 Å². The molecule has 3 rings (SSSR count). The van der Waals surface area contributed by atoms with E-state index in [2.05, 4.69) is 24.3 Å². The van der Waals surface area contributed by atoms with E-state index in [-0.39, 0.29) is 11.8 Å². The highest BCUT2D eigenvalue weighted by atomic mass is 32.1. The van der Waals surface area contributed by atoms with Gasteiger partial charge in [-0.25, -0.2) is 4.79 Å². The standard InChI is InChI=1S/C15H19N3O3S/c1-8(2)11-9-7-10(22-13(9)18(3)17-11)12(19)16-15(14(20)21)5-4-6-15/h7-8H,4-6H2,1-3H3,(H,16,19)(H,20,21). The summed E-state index contributed by atoms with van der Waals surface area (Å²) in [5, 5.41) is 17.5. The minimum atomic E-state index is -1.08. The van der Waals surface area contributed by atoms with Gasteiger partial charge in [-0.3, -0.25) is 9.48 Å². The number of aliphatic carboxylic acids is 1. The van der Waals surface area contributed by atoms with E-state index in [1.54, 1.807) is 4.68 Å². The zero-order chi connectivity index (χ0) is 16.1. The fraction of sp³-hybridized carbons (Fsp3) is 0.533. The van der Waals surface area contributed by atoms with Gasteiger partial charge in [-0.1, -0.05) is 13.8 Å². The summed E-state index contributed by atoms with van der Waals surface area (Å²) < 4.78 is 1.78. The first-order chi connectivity index (χ1) is 10.3. The van der Waals surface area contributed by atoms with Crippen LogP contribution in [0.3, 0.4) is 0 Å². The lowest BCUT2D eigenvalue weighted by Gasteiger charge is -2.38. The fourth-order valence-electron chi connectivity index (χ4n) is 2.81. The Hall–Kier alpha value is -1.89. The number of nitrogens with one attached hydrogen (secondary N) is 1. The van der Waals surface area contributed by atoms with Crippen LogP contribution in [0.1, 0.15) is 54.4 Å². The number of aryl methyl sites for hydroxylation is 1. The minimum absolute atomic E-state index is 0.270. The van der Waals surface area contributed by atoms with Crippen LogP contribution < -0.4 is 5.32 Å². The summed E-state index contributed by atoms with van der Waals surface area (Å²) in [7, 11) is 1.86. The number of thiophene rings is 1. The van der Waals surface area contributed by atoms with Gasteiger partial charge in [0.15, 0.2) is 0 Å². The van der Waals surface area contributed by atoms with E-state index in [1.165, 1.54) is 11.3 Å². The number of carbonyl (C=O) groups excluding carboxylic acids is 1. The summed E-state index contributed by atoms with van der Waals surface area (Å²) in [5.74, 6) is -0.984. The van der Waals surface area contributed by atoms with E-state index in [1.807, 2.05) is 13.1 Å². The number of fused-ring (bicyclic) bond motifs is 1. The Balaban J connectivity index is 1.92. The van der Waals surface area contributed by atoms with Gasteiger partial charge in [-0.15, -0.1) is 11.3 Å². The maximum Gasteiger partial charge on any atom is 0.329 e. The molecule has 1 amide bonds. The summed E-state index contributed by atoms with van der Waals surface area (Å²) in [6.45, 7) is 4.12. The lowest BCUT2D eigenvalue weighted by Crippen LogP contribution is -2.59. The summed E-state index contributed by atoms with van der Waals surface area (Å²) in [4.78, 5) is 25.3. The molecular formula is C15H19N3O3S. The number of aromatic nitrogens is 2. The molecule has 0 spiro atoms. The first-order valence-electron chi connectivity index (χ1n) is 7.36. The molecule has 2 aromatic rings. The SMILES string of the molecule is CC(C)c1nn(C)c2sc(C(=O)NC3(C(=O)O)CCC3)cc12. The molecule has 1 aliphatic carbocycles. The predicted molar refractivity (Wildman–Crippen MR) is 84.4 cm³/mol. The molecule has 7 heteroatoms. The Labute approximate surface area is 132 Å². The zero-order valence-corrected chi connectivity index (χ0v) is 13.7. The topological polar surface area (TPSA) is 84.2 Å². The van der Waals surface area contributed by atoms with Gasteiger partial charge in [0.05, 0.1) is 10.6 Å². The van der Waals surface area contributed by atoms with Crippen LogP contribution in [0.15, 0.2) is 6.07 Å². The third kappa shape index (κ3) is 2.20. The van der Waals surface area contributed by atoms with Crippen LogP contribution in [-0.4, -0.2) is 32.3 Å². The third-order valence-corrected chi connectivity index (χ3v) is 5.48. The van der Waals surface area contributed by atoms with Gasteiger partial charge in [0.2, 0.25) is 0 Å². The molecule has 2 heterocycles. The molecule has 0 atom stereocenters. The van der Waals surface area contributed by atoms with Crippen molar-refractivity contribution in [3.63, 3.8) is 0 Å². The summed E-state index contributed by atoms with van der Waals surface area (Å²) >= 11 is 1.35. The largest absolute Gasteiger partial charge is 0.480 e. The van der Waals surface area contributed by atoms with Crippen molar-refractivity contribution in [1.82, 2.24) is 15.1 Å². The van der Waals surface area contributed by atoms with Crippen LogP contribution in [0.2, 0.25) is 0 Å². The number of hydrogen-bond acceptors (Lipinski definition) is 4. The highest BCUT2D eigenvalue weighted by Crippen LogP contribution is 2.35. The van der Waals surface area contributed by atoms with Gasteiger partial charge in [-0.2, -0.15) is 5.10 Å². The molecule has 0 aromatic carbocycles. The lowest BCUT2D eigenvalue weighted by molar-refractivity contribution is -0.148. The van der Waals surface area contributed by atoms with E-state index >= 15 is 0 Å². The van der Waals surface area contributed by atoms with Crippen molar-refractivity contribution in [1.29, 1.82) is 0 Å². The van der Waals surface area contributed by atoms with Gasteiger partial charge in [0, 0.05) is 12.4 Å². The maximum absolute atomic E-state index is 12.4. The van der Waals surface area contributed by atoms with Crippen LogP contribution >= 0.6 is 11.3 Å². The lowest BCUT2D eigenvalue weighted by atomic mass is 9.77. The molecule has 0 bridgehead atoms. The van der Waals surface area contributed by atoms with Gasteiger partial charge in [0.25, 0.3) is 5.91 Å². The van der Waals surface area contributed by atoms with Crippen LogP contribution in [0.5, 0.6) is 0 Å². The third-order valence-electron chi connectivity index (χ3n) is 4.28. The molecule has 0 unspecified atom stereocenters. The normalized spacial score (nSPS) is 16.7. The molecule has 2 N–H and O–H groups in total. The van der Waals surface area contributed by atoms with E-state index in [0.717, 1.165) is 22.3 Å². The second-order valence-electron chi connectivity index (χ2n) is 6.19. The van der Waals surface area contributed by atoms with E-state index in [0.29, 0.717) is 17.7 Å². The number of carboxylic acid groups (broad SMARTS) is 1. The van der Waals surface area contributed by atoms with E-state index < -0.39 is 11.5 Å². The van der Waals surface area contributed by atoms with E-state index in [9.17, 15) is 14.7 Å². The van der Waals surface area contributed by atoms with Gasteiger partial charge >= 0.3 is 5.97 Å². The molecule has 2 aromatic heterocycles. The fourth-order valence-corrected chi connectivity index (χ4v) is 3.78. The maximum atomic E-state index is 12.4. The molecule has 1 aliphatic rings. The van der Waals surface area contributed by atoms with Crippen molar-refractivity contribution in [2.24, 2.45) is 7.05 Å².